The number of likely N-dealkylation sites (tertiary alicyclic amines) is 1. The second kappa shape index (κ2) is 7.29. The minimum atomic E-state index is -1.08. The first kappa shape index (κ1) is 18.7. The Kier molecular flexibility index (Phi) is 5.06. The second-order valence-corrected chi connectivity index (χ2v) is 6.39. The smallest absolute Gasteiger partial charge is 0.329 e. The van der Waals surface area contributed by atoms with Gasteiger partial charge in [0.2, 0.25) is 5.91 Å². The molecule has 0 spiro atoms. The van der Waals surface area contributed by atoms with Gasteiger partial charge in [-0.2, -0.15) is 0 Å². The lowest BCUT2D eigenvalue weighted by atomic mass is 10.1. The van der Waals surface area contributed by atoms with E-state index >= 15 is 0 Å². The molecule has 144 valence electrons. The maximum atomic E-state index is 13.9. The summed E-state index contributed by atoms with van der Waals surface area (Å²) in [5.74, 6) is -4.16. The quantitative estimate of drug-likeness (QED) is 0.747. The molecule has 2 fully saturated rings. The van der Waals surface area contributed by atoms with E-state index in [1.165, 1.54) is 4.90 Å². The summed E-state index contributed by atoms with van der Waals surface area (Å²) in [6.07, 6.45) is 0.767. The highest BCUT2D eigenvalue weighted by Gasteiger charge is 2.41. The number of halogens is 2. The van der Waals surface area contributed by atoms with E-state index in [1.54, 1.807) is 0 Å². The van der Waals surface area contributed by atoms with E-state index in [0.29, 0.717) is 30.4 Å². The number of nitrogens with one attached hydrogen (secondary N) is 1. The standard InChI is InChI=1S/C17H17F2N3O5/c18-9-3-5-12(10(19)8-9)22-15(24)11(20-17(22)27)4-6-14(23)21-7-1-2-13(21)16(25)26/h3,5,8,11,13H,1-2,4,6-7H2,(H,20,27)(H,25,26)/t11?,13-/m1/s1. The highest BCUT2D eigenvalue weighted by molar-refractivity contribution is 6.21. The molecule has 1 aromatic carbocycles. The van der Waals surface area contributed by atoms with Crippen molar-refractivity contribution in [2.24, 2.45) is 0 Å². The Morgan fingerprint density at radius 1 is 1.26 bits per heavy atom. The highest BCUT2D eigenvalue weighted by Crippen LogP contribution is 2.25. The van der Waals surface area contributed by atoms with Gasteiger partial charge in [0, 0.05) is 19.0 Å². The number of nitrogens with zero attached hydrogens (tertiary/aromatic N) is 2. The number of aliphatic carboxylic acids is 1. The number of carbonyl (C=O) groups is 4. The fourth-order valence-corrected chi connectivity index (χ4v) is 3.35. The average Bonchev–Trinajstić information content (AvgIpc) is 3.19. The molecule has 0 radical (unpaired) electrons. The Morgan fingerprint density at radius 3 is 2.67 bits per heavy atom. The van der Waals surface area contributed by atoms with Crippen LogP contribution in [-0.2, 0) is 14.4 Å². The van der Waals surface area contributed by atoms with Gasteiger partial charge in [0.1, 0.15) is 23.7 Å². The first-order chi connectivity index (χ1) is 12.8. The number of hydrogen-bond acceptors (Lipinski definition) is 4. The van der Waals surface area contributed by atoms with Gasteiger partial charge in [-0.1, -0.05) is 0 Å². The highest BCUT2D eigenvalue weighted by atomic mass is 19.1. The van der Waals surface area contributed by atoms with Crippen LogP contribution in [0.5, 0.6) is 0 Å². The van der Waals surface area contributed by atoms with Crippen molar-refractivity contribution in [1.82, 2.24) is 10.2 Å². The third-order valence-electron chi connectivity index (χ3n) is 4.67. The summed E-state index contributed by atoms with van der Waals surface area (Å²) < 4.78 is 26.9. The minimum Gasteiger partial charge on any atom is -0.480 e. The van der Waals surface area contributed by atoms with Crippen molar-refractivity contribution in [2.45, 2.75) is 37.8 Å². The van der Waals surface area contributed by atoms with Crippen molar-refractivity contribution in [2.75, 3.05) is 11.4 Å². The van der Waals surface area contributed by atoms with Gasteiger partial charge < -0.3 is 15.3 Å². The van der Waals surface area contributed by atoms with Gasteiger partial charge in [0.05, 0.1) is 5.69 Å². The largest absolute Gasteiger partial charge is 0.480 e. The van der Waals surface area contributed by atoms with E-state index in [2.05, 4.69) is 5.32 Å². The summed E-state index contributed by atoms with van der Waals surface area (Å²) >= 11 is 0. The summed E-state index contributed by atoms with van der Waals surface area (Å²) in [6.45, 7) is 0.327. The van der Waals surface area contributed by atoms with Crippen LogP contribution in [0.4, 0.5) is 19.3 Å². The molecule has 2 heterocycles. The molecule has 8 nitrogen and oxygen atoms in total. The number of carboxylic acids is 1. The van der Waals surface area contributed by atoms with Gasteiger partial charge in [-0.25, -0.2) is 23.3 Å². The van der Waals surface area contributed by atoms with E-state index in [-0.39, 0.29) is 18.5 Å². The molecule has 0 aliphatic carbocycles. The molecule has 27 heavy (non-hydrogen) atoms. The Balaban J connectivity index is 1.65. The van der Waals surface area contributed by atoms with Crippen molar-refractivity contribution in [3.05, 3.63) is 29.8 Å². The van der Waals surface area contributed by atoms with Crippen molar-refractivity contribution in [3.8, 4) is 0 Å². The number of carboxylic acid groups (broad SMARTS) is 1. The normalized spacial score (nSPS) is 22.3. The fraction of sp³-hybridized carbons (Fsp3) is 0.412. The molecule has 0 bridgehead atoms. The number of benzene rings is 1. The van der Waals surface area contributed by atoms with E-state index in [4.69, 9.17) is 5.11 Å². The first-order valence-electron chi connectivity index (χ1n) is 8.41. The third-order valence-corrected chi connectivity index (χ3v) is 4.67. The fourth-order valence-electron chi connectivity index (χ4n) is 3.35. The lowest BCUT2D eigenvalue weighted by Crippen LogP contribution is -2.41. The lowest BCUT2D eigenvalue weighted by molar-refractivity contribution is -0.148. The Bertz CT molecular complexity index is 816. The SMILES string of the molecule is O=C(O)[C@H]1CCCN1C(=O)CCC1NC(=O)N(c2ccc(F)cc2F)C1=O. The maximum absolute atomic E-state index is 13.9. The average molecular weight is 381 g/mol. The summed E-state index contributed by atoms with van der Waals surface area (Å²) in [4.78, 5) is 49.7. The molecule has 0 saturated carbocycles. The van der Waals surface area contributed by atoms with Crippen molar-refractivity contribution in [1.29, 1.82) is 0 Å². The molecule has 0 aromatic heterocycles. The monoisotopic (exact) mass is 381 g/mol. The number of carbonyl (C=O) groups excluding carboxylic acids is 3. The summed E-state index contributed by atoms with van der Waals surface area (Å²) in [5.41, 5.74) is -0.377. The molecule has 2 atom stereocenters. The van der Waals surface area contributed by atoms with E-state index < -0.39 is 47.5 Å². The first-order valence-corrected chi connectivity index (χ1v) is 8.41. The van der Waals surface area contributed by atoms with Crippen LogP contribution in [0.2, 0.25) is 0 Å². The van der Waals surface area contributed by atoms with Crippen LogP contribution in [0.15, 0.2) is 18.2 Å². The molecule has 3 rings (SSSR count). The molecule has 4 amide bonds. The van der Waals surface area contributed by atoms with Crippen molar-refractivity contribution >= 4 is 29.5 Å². The topological polar surface area (TPSA) is 107 Å². The van der Waals surface area contributed by atoms with Crippen molar-refractivity contribution < 1.29 is 33.1 Å². The van der Waals surface area contributed by atoms with E-state index in [9.17, 15) is 28.0 Å². The maximum Gasteiger partial charge on any atom is 0.329 e. The van der Waals surface area contributed by atoms with Crippen LogP contribution < -0.4 is 10.2 Å². The van der Waals surface area contributed by atoms with Gasteiger partial charge in [-0.15, -0.1) is 0 Å². The molecule has 1 unspecified atom stereocenters. The Morgan fingerprint density at radius 2 is 2.00 bits per heavy atom. The molecular formula is C17H17F2N3O5. The van der Waals surface area contributed by atoms with Crippen LogP contribution in [0.25, 0.3) is 0 Å². The number of rotatable bonds is 5. The summed E-state index contributed by atoms with van der Waals surface area (Å²) in [7, 11) is 0. The predicted octanol–water partition coefficient (Wildman–Crippen LogP) is 1.25. The van der Waals surface area contributed by atoms with Crippen LogP contribution in [-0.4, -0.2) is 52.4 Å². The summed E-state index contributed by atoms with van der Waals surface area (Å²) in [6, 6.07) is -0.320. The number of imide groups is 1. The van der Waals surface area contributed by atoms with Crippen LogP contribution in [0, 0.1) is 11.6 Å². The van der Waals surface area contributed by atoms with Crippen LogP contribution in [0.1, 0.15) is 25.7 Å². The zero-order chi connectivity index (χ0) is 19.7. The molecule has 2 aliphatic heterocycles. The Hall–Kier alpha value is -3.04. The van der Waals surface area contributed by atoms with E-state index in [1.807, 2.05) is 0 Å². The predicted molar refractivity (Wildman–Crippen MR) is 87.8 cm³/mol. The zero-order valence-electron chi connectivity index (χ0n) is 14.2. The lowest BCUT2D eigenvalue weighted by Gasteiger charge is -2.21. The van der Waals surface area contributed by atoms with Gasteiger partial charge >= 0.3 is 12.0 Å². The number of anilines is 1. The third kappa shape index (κ3) is 3.60. The number of hydrogen-bond donors (Lipinski definition) is 2. The molecule has 2 N–H and O–H groups in total. The molecule has 2 aliphatic rings. The van der Waals surface area contributed by atoms with E-state index in [0.717, 1.165) is 12.1 Å². The number of amides is 4. The second-order valence-electron chi connectivity index (χ2n) is 6.39. The Labute approximate surface area is 152 Å². The zero-order valence-corrected chi connectivity index (χ0v) is 14.2. The van der Waals surface area contributed by atoms with Gasteiger partial charge in [0.15, 0.2) is 0 Å². The van der Waals surface area contributed by atoms with Crippen LogP contribution >= 0.6 is 0 Å². The molecule has 10 heteroatoms. The summed E-state index contributed by atoms with van der Waals surface area (Å²) in [5, 5.41) is 11.5. The molecule has 1 aromatic rings. The number of urea groups is 1. The van der Waals surface area contributed by atoms with Crippen LogP contribution in [0.3, 0.4) is 0 Å². The van der Waals surface area contributed by atoms with Gasteiger partial charge in [0.25, 0.3) is 5.91 Å². The molecular weight excluding hydrogens is 364 g/mol. The van der Waals surface area contributed by atoms with Crippen molar-refractivity contribution in [3.63, 3.8) is 0 Å². The molecule has 2 saturated heterocycles. The van der Waals surface area contributed by atoms with Gasteiger partial charge in [-0.05, 0) is 31.4 Å². The minimum absolute atomic E-state index is 0.0500. The van der Waals surface area contributed by atoms with Gasteiger partial charge in [-0.3, -0.25) is 9.59 Å².